The summed E-state index contributed by atoms with van der Waals surface area (Å²) in [7, 11) is 5.48. The number of nitrogens with one attached hydrogen (secondary N) is 1. The first-order chi connectivity index (χ1) is 9.66. The molecular formula is C16H26N2O2. The van der Waals surface area contributed by atoms with Crippen LogP contribution in [-0.4, -0.2) is 31.9 Å². The van der Waals surface area contributed by atoms with Gasteiger partial charge in [-0.25, -0.2) is 0 Å². The molecule has 0 saturated heterocycles. The van der Waals surface area contributed by atoms with Crippen molar-refractivity contribution >= 4 is 0 Å². The average Bonchev–Trinajstić information content (AvgIpc) is 2.48. The van der Waals surface area contributed by atoms with Crippen LogP contribution >= 0.6 is 0 Å². The summed E-state index contributed by atoms with van der Waals surface area (Å²) in [6.45, 7) is 2.30. The highest BCUT2D eigenvalue weighted by Gasteiger charge is 2.44. The molecule has 0 aliphatic heterocycles. The molecule has 4 nitrogen and oxygen atoms in total. The van der Waals surface area contributed by atoms with E-state index < -0.39 is 0 Å². The predicted molar refractivity (Wildman–Crippen MR) is 80.0 cm³/mol. The van der Waals surface area contributed by atoms with E-state index in [9.17, 15) is 0 Å². The van der Waals surface area contributed by atoms with Crippen molar-refractivity contribution in [1.29, 1.82) is 0 Å². The fourth-order valence-electron chi connectivity index (χ4n) is 3.55. The maximum Gasteiger partial charge on any atom is 0.142 e. The minimum Gasteiger partial charge on any atom is -0.495 e. The van der Waals surface area contributed by atoms with Gasteiger partial charge in [-0.1, -0.05) is 19.8 Å². The molecule has 1 saturated carbocycles. The zero-order chi connectivity index (χ0) is 14.6. The van der Waals surface area contributed by atoms with Crippen LogP contribution in [0.5, 0.6) is 5.75 Å². The van der Waals surface area contributed by atoms with Crippen LogP contribution in [-0.2, 0) is 4.74 Å². The van der Waals surface area contributed by atoms with E-state index in [0.29, 0.717) is 5.92 Å². The molecule has 1 fully saturated rings. The van der Waals surface area contributed by atoms with Crippen molar-refractivity contribution in [3.05, 3.63) is 24.0 Å². The Labute approximate surface area is 121 Å². The molecule has 0 aromatic carbocycles. The van der Waals surface area contributed by atoms with Gasteiger partial charge in [0.25, 0.3) is 0 Å². The maximum atomic E-state index is 6.00. The Balaban J connectivity index is 2.38. The van der Waals surface area contributed by atoms with Gasteiger partial charge in [0.15, 0.2) is 0 Å². The second-order valence-electron chi connectivity index (χ2n) is 5.78. The zero-order valence-corrected chi connectivity index (χ0v) is 13.0. The van der Waals surface area contributed by atoms with Crippen LogP contribution in [0.2, 0.25) is 0 Å². The standard InChI is InChI=1S/C16H26N2O2/c1-12-7-5-9-16(11-12,20-4)15(17-2)14-13(19-3)8-6-10-18-14/h6,8,10,12,15,17H,5,7,9,11H2,1-4H3. The number of aromatic nitrogens is 1. The van der Waals surface area contributed by atoms with Gasteiger partial charge >= 0.3 is 0 Å². The largest absolute Gasteiger partial charge is 0.495 e. The lowest BCUT2D eigenvalue weighted by Crippen LogP contribution is -2.48. The lowest BCUT2D eigenvalue weighted by Gasteiger charge is -2.44. The summed E-state index contributed by atoms with van der Waals surface area (Å²) in [5, 5.41) is 3.41. The number of pyridine rings is 1. The van der Waals surface area contributed by atoms with Gasteiger partial charge in [-0.3, -0.25) is 4.98 Å². The molecular weight excluding hydrogens is 252 g/mol. The Kier molecular flexibility index (Phi) is 5.00. The molecule has 1 heterocycles. The minimum atomic E-state index is -0.200. The van der Waals surface area contributed by atoms with Gasteiger partial charge in [-0.05, 0) is 37.9 Å². The number of ether oxygens (including phenoxy) is 2. The summed E-state index contributed by atoms with van der Waals surface area (Å²) >= 11 is 0. The minimum absolute atomic E-state index is 0.0476. The summed E-state index contributed by atoms with van der Waals surface area (Å²) in [5.41, 5.74) is 0.738. The summed E-state index contributed by atoms with van der Waals surface area (Å²) in [5.74, 6) is 1.50. The number of rotatable bonds is 5. The monoisotopic (exact) mass is 278 g/mol. The Morgan fingerprint density at radius 1 is 1.45 bits per heavy atom. The van der Waals surface area contributed by atoms with Crippen molar-refractivity contribution in [2.45, 2.75) is 44.2 Å². The highest BCUT2D eigenvalue weighted by molar-refractivity contribution is 5.31. The van der Waals surface area contributed by atoms with Crippen molar-refractivity contribution in [2.24, 2.45) is 5.92 Å². The Morgan fingerprint density at radius 3 is 2.85 bits per heavy atom. The first-order valence-corrected chi connectivity index (χ1v) is 7.38. The normalized spacial score (nSPS) is 28.1. The van der Waals surface area contributed by atoms with Gasteiger partial charge in [0.2, 0.25) is 0 Å². The van der Waals surface area contributed by atoms with Gasteiger partial charge in [-0.15, -0.1) is 0 Å². The third kappa shape index (κ3) is 2.81. The quantitative estimate of drug-likeness (QED) is 0.899. The Morgan fingerprint density at radius 2 is 2.25 bits per heavy atom. The first kappa shape index (κ1) is 15.3. The van der Waals surface area contributed by atoms with Crippen molar-refractivity contribution in [1.82, 2.24) is 10.3 Å². The second kappa shape index (κ2) is 6.55. The molecule has 1 N–H and O–H groups in total. The molecule has 20 heavy (non-hydrogen) atoms. The smallest absolute Gasteiger partial charge is 0.142 e. The van der Waals surface area contributed by atoms with E-state index in [1.165, 1.54) is 12.8 Å². The third-order valence-electron chi connectivity index (χ3n) is 4.51. The Hall–Kier alpha value is -1.13. The summed E-state index contributed by atoms with van der Waals surface area (Å²) in [6.07, 6.45) is 6.40. The average molecular weight is 278 g/mol. The van der Waals surface area contributed by atoms with Gasteiger partial charge in [0.05, 0.1) is 18.8 Å². The summed E-state index contributed by atoms with van der Waals surface area (Å²) in [6, 6.07) is 3.91. The SMILES string of the molecule is CNC(c1ncccc1OC)C1(OC)CCCC(C)C1. The predicted octanol–water partition coefficient (Wildman–Crippen LogP) is 2.95. The van der Waals surface area contributed by atoms with Gasteiger partial charge in [0, 0.05) is 13.3 Å². The number of nitrogens with zero attached hydrogens (tertiary/aromatic N) is 1. The van der Waals surface area contributed by atoms with E-state index in [1.807, 2.05) is 32.5 Å². The zero-order valence-electron chi connectivity index (χ0n) is 13.0. The van der Waals surface area contributed by atoms with Crippen LogP contribution in [0.25, 0.3) is 0 Å². The molecule has 2 rings (SSSR count). The lowest BCUT2D eigenvalue weighted by molar-refractivity contribution is -0.0803. The fraction of sp³-hybridized carbons (Fsp3) is 0.688. The van der Waals surface area contributed by atoms with E-state index in [2.05, 4.69) is 17.2 Å². The first-order valence-electron chi connectivity index (χ1n) is 7.38. The van der Waals surface area contributed by atoms with E-state index in [0.717, 1.165) is 24.3 Å². The van der Waals surface area contributed by atoms with E-state index >= 15 is 0 Å². The van der Waals surface area contributed by atoms with Gasteiger partial charge in [0.1, 0.15) is 11.4 Å². The van der Waals surface area contributed by atoms with Crippen LogP contribution in [0, 0.1) is 5.92 Å². The summed E-state index contributed by atoms with van der Waals surface area (Å²) < 4.78 is 11.5. The van der Waals surface area contributed by atoms with Crippen molar-refractivity contribution in [3.8, 4) is 5.75 Å². The lowest BCUT2D eigenvalue weighted by atomic mass is 9.73. The van der Waals surface area contributed by atoms with Crippen LogP contribution in [0.4, 0.5) is 0 Å². The van der Waals surface area contributed by atoms with Gasteiger partial charge < -0.3 is 14.8 Å². The number of hydrogen-bond acceptors (Lipinski definition) is 4. The van der Waals surface area contributed by atoms with Crippen molar-refractivity contribution < 1.29 is 9.47 Å². The molecule has 0 amide bonds. The van der Waals surface area contributed by atoms with Crippen LogP contribution in [0.15, 0.2) is 18.3 Å². The van der Waals surface area contributed by atoms with E-state index in [4.69, 9.17) is 9.47 Å². The van der Waals surface area contributed by atoms with Crippen LogP contribution in [0.1, 0.15) is 44.3 Å². The Bertz CT molecular complexity index is 438. The highest BCUT2D eigenvalue weighted by atomic mass is 16.5. The molecule has 0 radical (unpaired) electrons. The van der Waals surface area contributed by atoms with Crippen molar-refractivity contribution in [3.63, 3.8) is 0 Å². The molecule has 1 aromatic heterocycles. The summed E-state index contributed by atoms with van der Waals surface area (Å²) in [4.78, 5) is 4.55. The molecule has 3 unspecified atom stereocenters. The molecule has 1 aliphatic rings. The molecule has 0 bridgehead atoms. The van der Waals surface area contributed by atoms with E-state index in [1.54, 1.807) is 7.11 Å². The molecule has 112 valence electrons. The number of hydrogen-bond donors (Lipinski definition) is 1. The molecule has 1 aromatic rings. The second-order valence-corrected chi connectivity index (χ2v) is 5.78. The number of methoxy groups -OCH3 is 2. The molecule has 1 aliphatic carbocycles. The van der Waals surface area contributed by atoms with Crippen LogP contribution in [0.3, 0.4) is 0 Å². The topological polar surface area (TPSA) is 43.4 Å². The number of likely N-dealkylation sites (N-methyl/N-ethyl adjacent to an activating group) is 1. The van der Waals surface area contributed by atoms with Crippen LogP contribution < -0.4 is 10.1 Å². The molecule has 3 atom stereocenters. The maximum absolute atomic E-state index is 6.00. The van der Waals surface area contributed by atoms with E-state index in [-0.39, 0.29) is 11.6 Å². The molecule has 0 spiro atoms. The van der Waals surface area contributed by atoms with Gasteiger partial charge in [-0.2, -0.15) is 0 Å². The highest BCUT2D eigenvalue weighted by Crippen LogP contribution is 2.44. The third-order valence-corrected chi connectivity index (χ3v) is 4.51. The fourth-order valence-corrected chi connectivity index (χ4v) is 3.55. The molecule has 4 heteroatoms. The van der Waals surface area contributed by atoms with Crippen molar-refractivity contribution in [2.75, 3.05) is 21.3 Å².